The van der Waals surface area contributed by atoms with Crippen LogP contribution in [0.5, 0.6) is 0 Å². The second-order valence-electron chi connectivity index (χ2n) is 4.82. The molecule has 0 aliphatic heterocycles. The van der Waals surface area contributed by atoms with E-state index in [-0.39, 0.29) is 0 Å². The van der Waals surface area contributed by atoms with Crippen molar-refractivity contribution in [2.45, 2.75) is 40.3 Å². The van der Waals surface area contributed by atoms with E-state index in [4.69, 9.17) is 0 Å². The second kappa shape index (κ2) is 8.12. The molecule has 1 aromatic carbocycles. The van der Waals surface area contributed by atoms with Gasteiger partial charge in [-0.1, -0.05) is 32.0 Å². The number of nitrogens with zero attached hydrogens (tertiary/aromatic N) is 1. The van der Waals surface area contributed by atoms with Gasteiger partial charge in [-0.2, -0.15) is 0 Å². The van der Waals surface area contributed by atoms with Crippen LogP contribution in [-0.4, -0.2) is 30.6 Å². The van der Waals surface area contributed by atoms with Crippen LogP contribution >= 0.6 is 22.6 Å². The summed E-state index contributed by atoms with van der Waals surface area (Å²) in [5, 5.41) is 3.62. The van der Waals surface area contributed by atoms with Gasteiger partial charge in [0.1, 0.15) is 0 Å². The zero-order valence-electron chi connectivity index (χ0n) is 12.0. The van der Waals surface area contributed by atoms with E-state index in [1.165, 1.54) is 14.7 Å². The van der Waals surface area contributed by atoms with E-state index >= 15 is 0 Å². The molecule has 0 radical (unpaired) electrons. The Morgan fingerprint density at radius 3 is 2.56 bits per heavy atom. The van der Waals surface area contributed by atoms with Crippen molar-refractivity contribution in [2.24, 2.45) is 0 Å². The third-order valence-corrected chi connectivity index (χ3v) is 4.88. The van der Waals surface area contributed by atoms with Gasteiger partial charge < -0.3 is 10.2 Å². The van der Waals surface area contributed by atoms with Crippen LogP contribution in [0.15, 0.2) is 18.2 Å². The van der Waals surface area contributed by atoms with Crippen LogP contribution in [0.2, 0.25) is 0 Å². The first kappa shape index (κ1) is 15.9. The molecule has 102 valence electrons. The van der Waals surface area contributed by atoms with E-state index in [0.717, 1.165) is 26.2 Å². The van der Waals surface area contributed by atoms with Crippen molar-refractivity contribution < 1.29 is 0 Å². The lowest BCUT2D eigenvalue weighted by Crippen LogP contribution is -2.38. The first-order valence-electron chi connectivity index (χ1n) is 6.78. The number of halogens is 1. The van der Waals surface area contributed by atoms with Gasteiger partial charge in [0.05, 0.1) is 0 Å². The van der Waals surface area contributed by atoms with Crippen molar-refractivity contribution in [3.63, 3.8) is 0 Å². The third-order valence-electron chi connectivity index (χ3n) is 3.34. The summed E-state index contributed by atoms with van der Waals surface area (Å²) in [6.45, 7) is 13.2. The molecule has 0 spiro atoms. The quantitative estimate of drug-likeness (QED) is 0.750. The van der Waals surface area contributed by atoms with Crippen molar-refractivity contribution in [1.82, 2.24) is 10.2 Å². The fourth-order valence-electron chi connectivity index (χ4n) is 2.06. The Kier molecular flexibility index (Phi) is 7.19. The van der Waals surface area contributed by atoms with E-state index in [1.54, 1.807) is 0 Å². The molecule has 0 bridgehead atoms. The Hall–Kier alpha value is -0.130. The summed E-state index contributed by atoms with van der Waals surface area (Å²) in [7, 11) is 0. The Balaban J connectivity index is 2.47. The number of hydrogen-bond donors (Lipinski definition) is 1. The van der Waals surface area contributed by atoms with Gasteiger partial charge in [-0.25, -0.2) is 0 Å². The Morgan fingerprint density at radius 2 is 1.94 bits per heavy atom. The highest BCUT2D eigenvalue weighted by molar-refractivity contribution is 14.1. The number of aryl methyl sites for hydroxylation is 1. The summed E-state index contributed by atoms with van der Waals surface area (Å²) in [6, 6.07) is 7.06. The molecule has 1 unspecified atom stereocenters. The van der Waals surface area contributed by atoms with Crippen LogP contribution in [0.4, 0.5) is 0 Å². The molecule has 18 heavy (non-hydrogen) atoms. The summed E-state index contributed by atoms with van der Waals surface area (Å²) in [6.07, 6.45) is 0. The zero-order chi connectivity index (χ0) is 13.5. The molecular formula is C15H25IN2. The van der Waals surface area contributed by atoms with Crippen LogP contribution in [0.1, 0.15) is 31.9 Å². The third kappa shape index (κ3) is 4.86. The van der Waals surface area contributed by atoms with Crippen LogP contribution in [0.25, 0.3) is 0 Å². The van der Waals surface area contributed by atoms with Gasteiger partial charge in [0, 0.05) is 22.7 Å². The number of rotatable bonds is 7. The molecule has 0 saturated heterocycles. The van der Waals surface area contributed by atoms with Crippen LogP contribution in [0.3, 0.4) is 0 Å². The topological polar surface area (TPSA) is 15.3 Å². The maximum atomic E-state index is 3.62. The molecule has 2 nitrogen and oxygen atoms in total. The van der Waals surface area contributed by atoms with E-state index in [2.05, 4.69) is 78.7 Å². The number of likely N-dealkylation sites (N-methyl/N-ethyl adjacent to an activating group) is 1. The molecule has 0 fully saturated rings. The number of benzene rings is 1. The minimum absolute atomic E-state index is 0.529. The maximum absolute atomic E-state index is 3.62. The molecule has 0 aliphatic carbocycles. The Morgan fingerprint density at radius 1 is 1.28 bits per heavy atom. The zero-order valence-corrected chi connectivity index (χ0v) is 14.1. The minimum Gasteiger partial charge on any atom is -0.309 e. The summed E-state index contributed by atoms with van der Waals surface area (Å²) >= 11 is 2.44. The highest BCUT2D eigenvalue weighted by Crippen LogP contribution is 2.16. The predicted octanol–water partition coefficient (Wildman–Crippen LogP) is 3.42. The summed E-state index contributed by atoms with van der Waals surface area (Å²) in [5.41, 5.74) is 2.77. The first-order chi connectivity index (χ1) is 8.58. The molecule has 1 atom stereocenters. The lowest BCUT2D eigenvalue weighted by Gasteiger charge is -2.23. The van der Waals surface area contributed by atoms with E-state index in [9.17, 15) is 0 Å². The lowest BCUT2D eigenvalue weighted by molar-refractivity contribution is 0.270. The van der Waals surface area contributed by atoms with Gasteiger partial charge in [0.2, 0.25) is 0 Å². The monoisotopic (exact) mass is 360 g/mol. The van der Waals surface area contributed by atoms with E-state index in [1.807, 2.05) is 0 Å². The number of hydrogen-bond acceptors (Lipinski definition) is 2. The summed E-state index contributed by atoms with van der Waals surface area (Å²) < 4.78 is 1.39. The normalized spacial score (nSPS) is 13.0. The fraction of sp³-hybridized carbons (Fsp3) is 0.600. The summed E-state index contributed by atoms with van der Waals surface area (Å²) in [5.74, 6) is 0. The van der Waals surface area contributed by atoms with Crippen molar-refractivity contribution in [3.8, 4) is 0 Å². The predicted molar refractivity (Wildman–Crippen MR) is 88.0 cm³/mol. The minimum atomic E-state index is 0.529. The Labute approximate surface area is 125 Å². The highest BCUT2D eigenvalue weighted by atomic mass is 127. The molecule has 0 aliphatic rings. The highest BCUT2D eigenvalue weighted by Gasteiger charge is 2.08. The first-order valence-corrected chi connectivity index (χ1v) is 7.86. The molecule has 3 heteroatoms. The summed E-state index contributed by atoms with van der Waals surface area (Å²) in [4.78, 5) is 2.46. The van der Waals surface area contributed by atoms with Crippen molar-refractivity contribution in [3.05, 3.63) is 32.9 Å². The molecule has 0 heterocycles. The van der Waals surface area contributed by atoms with Gasteiger partial charge >= 0.3 is 0 Å². The van der Waals surface area contributed by atoms with E-state index in [0.29, 0.717) is 6.04 Å². The van der Waals surface area contributed by atoms with Gasteiger partial charge in [0.25, 0.3) is 0 Å². The van der Waals surface area contributed by atoms with Crippen molar-refractivity contribution in [2.75, 3.05) is 19.6 Å². The van der Waals surface area contributed by atoms with Crippen LogP contribution in [-0.2, 0) is 6.54 Å². The molecule has 0 amide bonds. The molecule has 1 aromatic rings. The molecule has 0 aromatic heterocycles. The van der Waals surface area contributed by atoms with Gasteiger partial charge in [0.15, 0.2) is 0 Å². The average molecular weight is 360 g/mol. The van der Waals surface area contributed by atoms with Gasteiger partial charge in [-0.15, -0.1) is 0 Å². The SMILES string of the molecule is CCN(CC)CC(C)NCc1cccc(C)c1I. The standard InChI is InChI=1S/C15H25IN2/c1-5-18(6-2)11-13(4)17-10-14-9-7-8-12(3)15(14)16/h7-9,13,17H,5-6,10-11H2,1-4H3. The fourth-order valence-corrected chi connectivity index (χ4v) is 2.61. The molecule has 1 rings (SSSR count). The van der Waals surface area contributed by atoms with Gasteiger partial charge in [-0.05, 0) is 60.7 Å². The molecule has 0 saturated carbocycles. The van der Waals surface area contributed by atoms with Crippen molar-refractivity contribution in [1.29, 1.82) is 0 Å². The van der Waals surface area contributed by atoms with Crippen LogP contribution in [0, 0.1) is 10.5 Å². The van der Waals surface area contributed by atoms with Gasteiger partial charge in [-0.3, -0.25) is 0 Å². The smallest absolute Gasteiger partial charge is 0.0219 e. The van der Waals surface area contributed by atoms with Crippen molar-refractivity contribution >= 4 is 22.6 Å². The maximum Gasteiger partial charge on any atom is 0.0219 e. The molecule has 1 N–H and O–H groups in total. The second-order valence-corrected chi connectivity index (χ2v) is 5.89. The van der Waals surface area contributed by atoms with Crippen LogP contribution < -0.4 is 5.32 Å². The largest absolute Gasteiger partial charge is 0.309 e. The van der Waals surface area contributed by atoms with E-state index < -0.39 is 0 Å². The molecular weight excluding hydrogens is 335 g/mol. The number of nitrogens with one attached hydrogen (secondary N) is 1. The average Bonchev–Trinajstić information content (AvgIpc) is 2.37. The lowest BCUT2D eigenvalue weighted by atomic mass is 10.1. The Bertz CT molecular complexity index is 362.